The Kier molecular flexibility index (Phi) is 3.57. The van der Waals surface area contributed by atoms with Gasteiger partial charge in [-0.25, -0.2) is 4.39 Å². The van der Waals surface area contributed by atoms with Crippen LogP contribution in [0.25, 0.3) is 0 Å². The summed E-state index contributed by atoms with van der Waals surface area (Å²) in [7, 11) is 0. The highest BCUT2D eigenvalue weighted by molar-refractivity contribution is 5.87. The monoisotopic (exact) mass is 192 g/mol. The van der Waals surface area contributed by atoms with Gasteiger partial charge in [-0.1, -0.05) is 25.1 Å². The van der Waals surface area contributed by atoms with Crippen LogP contribution in [0, 0.1) is 5.82 Å². The maximum absolute atomic E-state index is 12.6. The summed E-state index contributed by atoms with van der Waals surface area (Å²) in [6.07, 6.45) is 3.35. The molecular formula is C12H13FO. The van der Waals surface area contributed by atoms with E-state index in [0.717, 1.165) is 5.56 Å². The van der Waals surface area contributed by atoms with Crippen LogP contribution in [-0.2, 0) is 4.79 Å². The molecule has 0 saturated heterocycles. The van der Waals surface area contributed by atoms with E-state index in [2.05, 4.69) is 0 Å². The molecule has 0 fully saturated rings. The molecule has 1 unspecified atom stereocenters. The molecule has 0 N–H and O–H groups in total. The minimum atomic E-state index is -0.239. The van der Waals surface area contributed by atoms with Crippen molar-refractivity contribution in [2.24, 2.45) is 0 Å². The van der Waals surface area contributed by atoms with Gasteiger partial charge in [0, 0.05) is 0 Å². The van der Waals surface area contributed by atoms with Gasteiger partial charge in [-0.15, -0.1) is 0 Å². The van der Waals surface area contributed by atoms with Gasteiger partial charge in [-0.2, -0.15) is 0 Å². The van der Waals surface area contributed by atoms with Crippen LogP contribution in [-0.4, -0.2) is 5.78 Å². The summed E-state index contributed by atoms with van der Waals surface area (Å²) in [4.78, 5) is 10.7. The van der Waals surface area contributed by atoms with E-state index < -0.39 is 0 Å². The van der Waals surface area contributed by atoms with Crippen LogP contribution in [0.3, 0.4) is 0 Å². The molecule has 0 saturated carbocycles. The second-order valence-corrected chi connectivity index (χ2v) is 3.31. The zero-order valence-electron chi connectivity index (χ0n) is 8.33. The first kappa shape index (κ1) is 10.6. The quantitative estimate of drug-likeness (QED) is 0.672. The van der Waals surface area contributed by atoms with E-state index in [1.54, 1.807) is 12.1 Å². The second kappa shape index (κ2) is 4.70. The van der Waals surface area contributed by atoms with Gasteiger partial charge in [0.15, 0.2) is 5.78 Å². The molecule has 0 bridgehead atoms. The van der Waals surface area contributed by atoms with Gasteiger partial charge in [-0.05, 0) is 36.6 Å². The predicted octanol–water partition coefficient (Wildman–Crippen LogP) is 3.07. The fourth-order valence-electron chi connectivity index (χ4n) is 1.16. The van der Waals surface area contributed by atoms with Crippen LogP contribution in [0.5, 0.6) is 0 Å². The number of rotatable bonds is 3. The number of ketones is 1. The first-order chi connectivity index (χ1) is 6.59. The summed E-state index contributed by atoms with van der Waals surface area (Å²) in [6.45, 7) is 3.47. The van der Waals surface area contributed by atoms with E-state index >= 15 is 0 Å². The van der Waals surface area contributed by atoms with Gasteiger partial charge in [0.2, 0.25) is 0 Å². The van der Waals surface area contributed by atoms with Gasteiger partial charge in [0.25, 0.3) is 0 Å². The Morgan fingerprint density at radius 2 is 1.93 bits per heavy atom. The lowest BCUT2D eigenvalue weighted by molar-refractivity contribution is -0.112. The highest BCUT2D eigenvalue weighted by Gasteiger charge is 2.01. The molecule has 1 nitrogen and oxygen atoms in total. The average Bonchev–Trinajstić information content (AvgIpc) is 2.15. The Labute approximate surface area is 83.3 Å². The highest BCUT2D eigenvalue weighted by atomic mass is 19.1. The summed E-state index contributed by atoms with van der Waals surface area (Å²) in [5.74, 6) is -0.0741. The molecule has 1 atom stereocenters. The maximum Gasteiger partial charge on any atom is 0.152 e. The van der Waals surface area contributed by atoms with Crippen molar-refractivity contribution in [2.45, 2.75) is 19.8 Å². The Morgan fingerprint density at radius 3 is 2.43 bits per heavy atom. The van der Waals surface area contributed by atoms with E-state index in [9.17, 15) is 9.18 Å². The van der Waals surface area contributed by atoms with E-state index in [1.807, 2.05) is 13.0 Å². The Balaban J connectivity index is 2.74. The number of halogens is 1. The summed E-state index contributed by atoms with van der Waals surface area (Å²) >= 11 is 0. The SMILES string of the molecule is CC(=O)/C=C/C(C)c1ccc(F)cc1. The third-order valence-electron chi connectivity index (χ3n) is 2.02. The molecule has 0 aromatic heterocycles. The smallest absolute Gasteiger partial charge is 0.152 e. The zero-order chi connectivity index (χ0) is 10.6. The number of hydrogen-bond donors (Lipinski definition) is 0. The van der Waals surface area contributed by atoms with E-state index in [-0.39, 0.29) is 17.5 Å². The highest BCUT2D eigenvalue weighted by Crippen LogP contribution is 2.16. The number of benzene rings is 1. The van der Waals surface area contributed by atoms with E-state index in [0.29, 0.717) is 0 Å². The molecule has 0 aliphatic rings. The molecule has 0 heterocycles. The van der Waals surface area contributed by atoms with Crippen molar-refractivity contribution in [3.8, 4) is 0 Å². The van der Waals surface area contributed by atoms with Crippen molar-refractivity contribution in [1.82, 2.24) is 0 Å². The lowest BCUT2D eigenvalue weighted by Gasteiger charge is -2.05. The van der Waals surface area contributed by atoms with Gasteiger partial charge < -0.3 is 0 Å². The molecule has 14 heavy (non-hydrogen) atoms. The van der Waals surface area contributed by atoms with Crippen LogP contribution in [0.1, 0.15) is 25.3 Å². The minimum Gasteiger partial charge on any atom is -0.295 e. The molecule has 1 aromatic rings. The van der Waals surface area contributed by atoms with Crippen molar-refractivity contribution < 1.29 is 9.18 Å². The fraction of sp³-hybridized carbons (Fsp3) is 0.250. The normalized spacial score (nSPS) is 13.1. The minimum absolute atomic E-state index is 0.0268. The van der Waals surface area contributed by atoms with E-state index in [4.69, 9.17) is 0 Å². The topological polar surface area (TPSA) is 17.1 Å². The molecule has 1 aromatic carbocycles. The Bertz CT molecular complexity index is 338. The molecule has 1 rings (SSSR count). The third-order valence-corrected chi connectivity index (χ3v) is 2.02. The molecular weight excluding hydrogens is 179 g/mol. The largest absolute Gasteiger partial charge is 0.295 e. The lowest BCUT2D eigenvalue weighted by atomic mass is 10.0. The van der Waals surface area contributed by atoms with E-state index in [1.165, 1.54) is 25.1 Å². The van der Waals surface area contributed by atoms with Crippen LogP contribution < -0.4 is 0 Å². The van der Waals surface area contributed by atoms with Crippen molar-refractivity contribution >= 4 is 5.78 Å². The molecule has 0 spiro atoms. The lowest BCUT2D eigenvalue weighted by Crippen LogP contribution is -1.91. The molecule has 0 aliphatic heterocycles. The van der Waals surface area contributed by atoms with Gasteiger partial charge >= 0.3 is 0 Å². The molecule has 74 valence electrons. The van der Waals surface area contributed by atoms with Crippen LogP contribution in [0.2, 0.25) is 0 Å². The predicted molar refractivity (Wildman–Crippen MR) is 54.6 cm³/mol. The number of carbonyl (C=O) groups is 1. The molecule has 2 heteroatoms. The van der Waals surface area contributed by atoms with Crippen molar-refractivity contribution in [3.05, 3.63) is 47.8 Å². The summed E-state index contributed by atoms with van der Waals surface area (Å²) < 4.78 is 12.6. The number of carbonyl (C=O) groups excluding carboxylic acids is 1. The summed E-state index contributed by atoms with van der Waals surface area (Å²) in [5, 5.41) is 0. The fourth-order valence-corrected chi connectivity index (χ4v) is 1.16. The van der Waals surface area contributed by atoms with Gasteiger partial charge in [-0.3, -0.25) is 4.79 Å². The van der Waals surface area contributed by atoms with Crippen molar-refractivity contribution in [3.63, 3.8) is 0 Å². The van der Waals surface area contributed by atoms with Gasteiger partial charge in [0.1, 0.15) is 5.82 Å². The molecule has 0 aliphatic carbocycles. The number of allylic oxidation sites excluding steroid dienone is 2. The first-order valence-electron chi connectivity index (χ1n) is 4.54. The van der Waals surface area contributed by atoms with Crippen molar-refractivity contribution in [1.29, 1.82) is 0 Å². The van der Waals surface area contributed by atoms with Crippen LogP contribution in [0.4, 0.5) is 4.39 Å². The summed E-state index contributed by atoms with van der Waals surface area (Å²) in [5.41, 5.74) is 1.00. The molecule has 0 radical (unpaired) electrons. The van der Waals surface area contributed by atoms with Gasteiger partial charge in [0.05, 0.1) is 0 Å². The third kappa shape index (κ3) is 3.13. The summed E-state index contributed by atoms with van der Waals surface area (Å²) in [6, 6.07) is 6.30. The van der Waals surface area contributed by atoms with Crippen LogP contribution in [0.15, 0.2) is 36.4 Å². The maximum atomic E-state index is 12.6. The first-order valence-corrected chi connectivity index (χ1v) is 4.54. The van der Waals surface area contributed by atoms with Crippen molar-refractivity contribution in [2.75, 3.05) is 0 Å². The zero-order valence-corrected chi connectivity index (χ0v) is 8.33. The Hall–Kier alpha value is -1.44. The number of hydrogen-bond acceptors (Lipinski definition) is 1. The van der Waals surface area contributed by atoms with Crippen LogP contribution >= 0.6 is 0 Å². The molecule has 0 amide bonds. The standard InChI is InChI=1S/C12H13FO/c1-9(3-4-10(2)14)11-5-7-12(13)8-6-11/h3-9H,1-2H3/b4-3+. The Morgan fingerprint density at radius 1 is 1.36 bits per heavy atom. The average molecular weight is 192 g/mol. The second-order valence-electron chi connectivity index (χ2n) is 3.31.